The molecule has 3 heterocycles. The van der Waals surface area contributed by atoms with Crippen molar-refractivity contribution in [1.29, 1.82) is 0 Å². The quantitative estimate of drug-likeness (QED) is 0.765. The summed E-state index contributed by atoms with van der Waals surface area (Å²) in [7, 11) is 0. The third-order valence-electron chi connectivity index (χ3n) is 4.04. The van der Waals surface area contributed by atoms with E-state index in [0.29, 0.717) is 18.9 Å². The van der Waals surface area contributed by atoms with Crippen LogP contribution in [0.2, 0.25) is 0 Å². The number of hydrogen-bond acceptors (Lipinski definition) is 4. The highest BCUT2D eigenvalue weighted by Gasteiger charge is 2.35. The Morgan fingerprint density at radius 2 is 2.04 bits per heavy atom. The van der Waals surface area contributed by atoms with E-state index < -0.39 is 6.04 Å². The zero-order valence-corrected chi connectivity index (χ0v) is 12.8. The van der Waals surface area contributed by atoms with E-state index in [9.17, 15) is 9.59 Å². The molecule has 1 aliphatic rings. The van der Waals surface area contributed by atoms with Gasteiger partial charge in [-0.05, 0) is 11.6 Å². The largest absolute Gasteiger partial charge is 0.352 e. The summed E-state index contributed by atoms with van der Waals surface area (Å²) in [6.45, 7) is 0.866. The SMILES string of the molecule is O=C1NCCN(C(=O)c2cn3cccnc3n2)[C@@H]1c1ccccc1. The highest BCUT2D eigenvalue weighted by molar-refractivity contribution is 5.97. The zero-order valence-electron chi connectivity index (χ0n) is 12.8. The van der Waals surface area contributed by atoms with E-state index in [0.717, 1.165) is 5.56 Å². The third kappa shape index (κ3) is 2.40. The molecule has 4 rings (SSSR count). The van der Waals surface area contributed by atoms with Crippen LogP contribution in [0.5, 0.6) is 0 Å². The normalized spacial score (nSPS) is 17.8. The first-order valence-corrected chi connectivity index (χ1v) is 7.67. The number of hydrogen-bond donors (Lipinski definition) is 1. The number of amides is 2. The summed E-state index contributed by atoms with van der Waals surface area (Å²) < 4.78 is 1.69. The first kappa shape index (κ1) is 14.4. The van der Waals surface area contributed by atoms with Crippen molar-refractivity contribution in [2.45, 2.75) is 6.04 Å². The standard InChI is InChI=1S/C17H15N5O2/c23-15-14(12-5-2-1-3-6-12)22(10-8-18-15)16(24)13-11-21-9-4-7-19-17(21)20-13/h1-7,9,11,14H,8,10H2,(H,18,23)/t14-/m1/s1. The molecule has 0 spiro atoms. The minimum Gasteiger partial charge on any atom is -0.352 e. The highest BCUT2D eigenvalue weighted by Crippen LogP contribution is 2.24. The minimum atomic E-state index is -0.648. The highest BCUT2D eigenvalue weighted by atomic mass is 16.2. The van der Waals surface area contributed by atoms with Crippen LogP contribution >= 0.6 is 0 Å². The number of fused-ring (bicyclic) bond motifs is 1. The van der Waals surface area contributed by atoms with E-state index >= 15 is 0 Å². The Morgan fingerprint density at radius 3 is 2.83 bits per heavy atom. The van der Waals surface area contributed by atoms with Crippen LogP contribution in [-0.2, 0) is 4.79 Å². The van der Waals surface area contributed by atoms with Gasteiger partial charge in [0.15, 0.2) is 0 Å². The predicted molar refractivity (Wildman–Crippen MR) is 86.2 cm³/mol. The molecule has 120 valence electrons. The van der Waals surface area contributed by atoms with Crippen LogP contribution in [0.25, 0.3) is 5.78 Å². The van der Waals surface area contributed by atoms with Crippen LogP contribution in [0.15, 0.2) is 55.0 Å². The lowest BCUT2D eigenvalue weighted by atomic mass is 10.0. The summed E-state index contributed by atoms with van der Waals surface area (Å²) in [5.74, 6) is 0.00506. The third-order valence-corrected chi connectivity index (χ3v) is 4.04. The fraction of sp³-hybridized carbons (Fsp3) is 0.176. The van der Waals surface area contributed by atoms with Crippen LogP contribution < -0.4 is 5.32 Å². The first-order valence-electron chi connectivity index (χ1n) is 7.67. The molecule has 7 heteroatoms. The Hall–Kier alpha value is -3.22. The Kier molecular flexibility index (Phi) is 3.45. The van der Waals surface area contributed by atoms with E-state index in [-0.39, 0.29) is 17.5 Å². The molecule has 0 radical (unpaired) electrons. The number of aromatic nitrogens is 3. The number of carbonyl (C=O) groups excluding carboxylic acids is 2. The molecule has 0 saturated carbocycles. The van der Waals surface area contributed by atoms with Crippen molar-refractivity contribution < 1.29 is 9.59 Å². The zero-order chi connectivity index (χ0) is 16.5. The molecule has 0 bridgehead atoms. The number of benzene rings is 1. The Balaban J connectivity index is 1.72. The maximum absolute atomic E-state index is 12.9. The number of rotatable bonds is 2. The van der Waals surface area contributed by atoms with Crippen molar-refractivity contribution in [2.24, 2.45) is 0 Å². The molecular weight excluding hydrogens is 306 g/mol. The summed E-state index contributed by atoms with van der Waals surface area (Å²) in [5, 5.41) is 2.82. The van der Waals surface area contributed by atoms with Crippen molar-refractivity contribution in [3.8, 4) is 0 Å². The molecule has 3 aromatic rings. The topological polar surface area (TPSA) is 79.6 Å². The maximum atomic E-state index is 12.9. The monoisotopic (exact) mass is 321 g/mol. The van der Waals surface area contributed by atoms with E-state index in [4.69, 9.17) is 0 Å². The second kappa shape index (κ2) is 5.77. The van der Waals surface area contributed by atoms with Gasteiger partial charge in [-0.2, -0.15) is 0 Å². The molecular formula is C17H15N5O2. The molecule has 1 fully saturated rings. The van der Waals surface area contributed by atoms with Crippen molar-refractivity contribution in [1.82, 2.24) is 24.6 Å². The van der Waals surface area contributed by atoms with Crippen LogP contribution in [-0.4, -0.2) is 44.2 Å². The summed E-state index contributed by atoms with van der Waals surface area (Å²) >= 11 is 0. The molecule has 1 aliphatic heterocycles. The molecule has 7 nitrogen and oxygen atoms in total. The average Bonchev–Trinajstić information content (AvgIpc) is 3.06. The van der Waals surface area contributed by atoms with Gasteiger partial charge in [0.05, 0.1) is 0 Å². The summed E-state index contributed by atoms with van der Waals surface area (Å²) in [5.41, 5.74) is 1.06. The lowest BCUT2D eigenvalue weighted by Gasteiger charge is -2.34. The molecule has 1 aromatic carbocycles. The van der Waals surface area contributed by atoms with Crippen molar-refractivity contribution in [2.75, 3.05) is 13.1 Å². The number of imidazole rings is 1. The molecule has 1 atom stereocenters. The number of piperazine rings is 1. The Labute approximate surface area is 137 Å². The van der Waals surface area contributed by atoms with Gasteiger partial charge in [-0.3, -0.25) is 14.0 Å². The molecule has 0 aliphatic carbocycles. The van der Waals surface area contributed by atoms with Gasteiger partial charge in [-0.15, -0.1) is 0 Å². The van der Waals surface area contributed by atoms with Gasteiger partial charge >= 0.3 is 0 Å². The Bertz CT molecular complexity index is 872. The van der Waals surface area contributed by atoms with Crippen molar-refractivity contribution in [3.63, 3.8) is 0 Å². The number of carbonyl (C=O) groups is 2. The van der Waals surface area contributed by atoms with Gasteiger partial charge in [0, 0.05) is 31.7 Å². The smallest absolute Gasteiger partial charge is 0.275 e. The van der Waals surface area contributed by atoms with Gasteiger partial charge < -0.3 is 10.2 Å². The van der Waals surface area contributed by atoms with Crippen LogP contribution in [0.3, 0.4) is 0 Å². The van der Waals surface area contributed by atoms with Gasteiger partial charge in [0.25, 0.3) is 5.91 Å². The molecule has 2 amide bonds. The van der Waals surface area contributed by atoms with E-state index in [1.165, 1.54) is 0 Å². The summed E-state index contributed by atoms with van der Waals surface area (Å²) in [6, 6.07) is 10.4. The Morgan fingerprint density at radius 1 is 1.21 bits per heavy atom. The maximum Gasteiger partial charge on any atom is 0.275 e. The fourth-order valence-corrected chi connectivity index (χ4v) is 2.93. The van der Waals surface area contributed by atoms with Crippen LogP contribution in [0.4, 0.5) is 0 Å². The van der Waals surface area contributed by atoms with Gasteiger partial charge in [0.2, 0.25) is 11.7 Å². The van der Waals surface area contributed by atoms with E-state index in [1.807, 2.05) is 30.3 Å². The van der Waals surface area contributed by atoms with E-state index in [1.54, 1.807) is 34.0 Å². The van der Waals surface area contributed by atoms with Gasteiger partial charge in [-0.1, -0.05) is 30.3 Å². The summed E-state index contributed by atoms with van der Waals surface area (Å²) in [6.07, 6.45) is 5.04. The average molecular weight is 321 g/mol. The molecule has 0 unspecified atom stereocenters. The fourth-order valence-electron chi connectivity index (χ4n) is 2.93. The van der Waals surface area contributed by atoms with Gasteiger partial charge in [-0.25, -0.2) is 9.97 Å². The predicted octanol–water partition coefficient (Wildman–Crippen LogP) is 1.04. The van der Waals surface area contributed by atoms with Crippen molar-refractivity contribution in [3.05, 3.63) is 66.2 Å². The summed E-state index contributed by atoms with van der Waals surface area (Å²) in [4.78, 5) is 35.3. The molecule has 1 N–H and O–H groups in total. The van der Waals surface area contributed by atoms with Crippen molar-refractivity contribution >= 4 is 17.6 Å². The lowest BCUT2D eigenvalue weighted by molar-refractivity contribution is -0.128. The van der Waals surface area contributed by atoms with E-state index in [2.05, 4.69) is 15.3 Å². The number of nitrogens with zero attached hydrogens (tertiary/aromatic N) is 4. The number of nitrogens with one attached hydrogen (secondary N) is 1. The van der Waals surface area contributed by atoms with Crippen LogP contribution in [0, 0.1) is 0 Å². The lowest BCUT2D eigenvalue weighted by Crippen LogP contribution is -2.52. The van der Waals surface area contributed by atoms with Crippen LogP contribution in [0.1, 0.15) is 22.1 Å². The second-order valence-corrected chi connectivity index (χ2v) is 5.56. The molecule has 24 heavy (non-hydrogen) atoms. The second-order valence-electron chi connectivity index (χ2n) is 5.56. The molecule has 1 saturated heterocycles. The first-order chi connectivity index (χ1) is 11.7. The van der Waals surface area contributed by atoms with Gasteiger partial charge in [0.1, 0.15) is 11.7 Å². The minimum absolute atomic E-state index is 0.178. The molecule has 2 aromatic heterocycles.